The van der Waals surface area contributed by atoms with Crippen LogP contribution in [0.4, 0.5) is 0 Å². The molecule has 1 aromatic heterocycles. The molecular formula is C15H19N3. The Bertz CT molecular complexity index is 526. The van der Waals surface area contributed by atoms with Crippen LogP contribution in [-0.2, 0) is 0 Å². The van der Waals surface area contributed by atoms with Crippen LogP contribution in [-0.4, -0.2) is 22.2 Å². The van der Waals surface area contributed by atoms with Crippen molar-refractivity contribution in [1.29, 1.82) is 0 Å². The van der Waals surface area contributed by atoms with Crippen molar-refractivity contribution in [2.75, 3.05) is 6.54 Å². The molecule has 0 bridgehead atoms. The largest absolute Gasteiger partial charge is 0.285 e. The molecule has 0 unspecified atom stereocenters. The third-order valence-electron chi connectivity index (χ3n) is 3.82. The zero-order chi connectivity index (χ0) is 12.5. The van der Waals surface area contributed by atoms with E-state index in [1.54, 1.807) is 6.33 Å². The standard InChI is InChI=1S/C15H19N3/c1-10(2)14-7-15(18-9-17-14)12-8-16-13-6-4-3-5-11(12)13/h7,9-10H,3-6,8H2,1-2H3. The number of nitrogens with zero attached hydrogens (tertiary/aromatic N) is 3. The summed E-state index contributed by atoms with van der Waals surface area (Å²) in [5, 5.41) is 0. The van der Waals surface area contributed by atoms with Gasteiger partial charge in [-0.25, -0.2) is 9.97 Å². The molecule has 0 amide bonds. The molecule has 2 aliphatic rings. The molecule has 1 aromatic rings. The van der Waals surface area contributed by atoms with Crippen molar-refractivity contribution in [2.24, 2.45) is 4.99 Å². The third kappa shape index (κ3) is 1.98. The van der Waals surface area contributed by atoms with Gasteiger partial charge in [0.2, 0.25) is 0 Å². The summed E-state index contributed by atoms with van der Waals surface area (Å²) in [6.07, 6.45) is 6.60. The second-order valence-electron chi connectivity index (χ2n) is 5.41. The van der Waals surface area contributed by atoms with E-state index in [4.69, 9.17) is 0 Å². The van der Waals surface area contributed by atoms with Gasteiger partial charge in [-0.05, 0) is 43.2 Å². The Morgan fingerprint density at radius 1 is 1.06 bits per heavy atom. The van der Waals surface area contributed by atoms with Gasteiger partial charge in [-0.3, -0.25) is 4.99 Å². The van der Waals surface area contributed by atoms with E-state index in [1.807, 2.05) is 0 Å². The molecular weight excluding hydrogens is 222 g/mol. The van der Waals surface area contributed by atoms with E-state index in [0.717, 1.165) is 24.4 Å². The minimum absolute atomic E-state index is 0.450. The Kier molecular flexibility index (Phi) is 2.98. The van der Waals surface area contributed by atoms with Gasteiger partial charge in [-0.15, -0.1) is 0 Å². The van der Waals surface area contributed by atoms with Gasteiger partial charge in [0.15, 0.2) is 0 Å². The number of fused-ring (bicyclic) bond motifs is 1. The van der Waals surface area contributed by atoms with Crippen molar-refractivity contribution < 1.29 is 0 Å². The summed E-state index contributed by atoms with van der Waals surface area (Å²) in [4.78, 5) is 13.5. The van der Waals surface area contributed by atoms with Gasteiger partial charge in [-0.2, -0.15) is 0 Å². The lowest BCUT2D eigenvalue weighted by molar-refractivity contribution is 0.737. The van der Waals surface area contributed by atoms with E-state index in [1.165, 1.54) is 36.1 Å². The maximum absolute atomic E-state index is 4.67. The highest BCUT2D eigenvalue weighted by molar-refractivity contribution is 6.10. The highest BCUT2D eigenvalue weighted by Gasteiger charge is 2.23. The average Bonchev–Trinajstić information content (AvgIpc) is 2.82. The van der Waals surface area contributed by atoms with Crippen molar-refractivity contribution >= 4 is 11.3 Å². The predicted octanol–water partition coefficient (Wildman–Crippen LogP) is 3.38. The molecule has 0 radical (unpaired) electrons. The van der Waals surface area contributed by atoms with Crippen LogP contribution in [0.1, 0.15) is 56.8 Å². The van der Waals surface area contributed by atoms with E-state index in [2.05, 4.69) is 34.9 Å². The lowest BCUT2D eigenvalue weighted by Crippen LogP contribution is -2.07. The first kappa shape index (κ1) is 11.6. The Morgan fingerprint density at radius 3 is 2.72 bits per heavy atom. The van der Waals surface area contributed by atoms with Crippen molar-refractivity contribution in [3.8, 4) is 0 Å². The van der Waals surface area contributed by atoms with E-state index in [9.17, 15) is 0 Å². The molecule has 18 heavy (non-hydrogen) atoms. The fraction of sp³-hybridized carbons (Fsp3) is 0.533. The average molecular weight is 241 g/mol. The smallest absolute Gasteiger partial charge is 0.116 e. The van der Waals surface area contributed by atoms with Crippen LogP contribution < -0.4 is 0 Å². The van der Waals surface area contributed by atoms with Gasteiger partial charge in [0.25, 0.3) is 0 Å². The number of rotatable bonds is 2. The topological polar surface area (TPSA) is 38.1 Å². The monoisotopic (exact) mass is 241 g/mol. The van der Waals surface area contributed by atoms with Crippen LogP contribution in [0.15, 0.2) is 23.0 Å². The summed E-state index contributed by atoms with van der Waals surface area (Å²) >= 11 is 0. The minimum Gasteiger partial charge on any atom is -0.285 e. The first-order valence-corrected chi connectivity index (χ1v) is 6.83. The van der Waals surface area contributed by atoms with Crippen LogP contribution in [0.2, 0.25) is 0 Å². The minimum atomic E-state index is 0.450. The number of aliphatic imine (C=N–C) groups is 1. The van der Waals surface area contributed by atoms with E-state index < -0.39 is 0 Å². The SMILES string of the molecule is CC(C)c1cc(C2=C3CCCCC3=NC2)ncn1. The molecule has 0 spiro atoms. The summed E-state index contributed by atoms with van der Waals surface area (Å²) in [5.74, 6) is 0.450. The fourth-order valence-corrected chi connectivity index (χ4v) is 2.75. The number of hydrogen-bond acceptors (Lipinski definition) is 3. The Labute approximate surface area is 108 Å². The molecule has 1 fully saturated rings. The number of aromatic nitrogens is 2. The van der Waals surface area contributed by atoms with Crippen molar-refractivity contribution in [3.63, 3.8) is 0 Å². The molecule has 94 valence electrons. The summed E-state index contributed by atoms with van der Waals surface area (Å²) < 4.78 is 0. The summed E-state index contributed by atoms with van der Waals surface area (Å²) in [6, 6.07) is 2.14. The molecule has 0 atom stereocenters. The Hall–Kier alpha value is -1.51. The van der Waals surface area contributed by atoms with E-state index in [-0.39, 0.29) is 0 Å². The van der Waals surface area contributed by atoms with Crippen LogP contribution in [0.5, 0.6) is 0 Å². The van der Waals surface area contributed by atoms with Gasteiger partial charge >= 0.3 is 0 Å². The molecule has 1 saturated carbocycles. The van der Waals surface area contributed by atoms with Crippen LogP contribution in [0, 0.1) is 0 Å². The van der Waals surface area contributed by atoms with Gasteiger partial charge in [-0.1, -0.05) is 13.8 Å². The first-order chi connectivity index (χ1) is 8.75. The summed E-state index contributed by atoms with van der Waals surface area (Å²) in [6.45, 7) is 5.15. The van der Waals surface area contributed by atoms with Crippen LogP contribution in [0.25, 0.3) is 5.57 Å². The quantitative estimate of drug-likeness (QED) is 0.796. The molecule has 3 heteroatoms. The maximum atomic E-state index is 4.67. The first-order valence-electron chi connectivity index (χ1n) is 6.83. The fourth-order valence-electron chi connectivity index (χ4n) is 2.75. The zero-order valence-corrected chi connectivity index (χ0v) is 11.1. The van der Waals surface area contributed by atoms with E-state index in [0.29, 0.717) is 5.92 Å². The molecule has 3 nitrogen and oxygen atoms in total. The molecule has 2 heterocycles. The molecule has 0 N–H and O–H groups in total. The zero-order valence-electron chi connectivity index (χ0n) is 11.1. The molecule has 1 aliphatic heterocycles. The molecule has 1 aliphatic carbocycles. The predicted molar refractivity (Wildman–Crippen MR) is 73.8 cm³/mol. The highest BCUT2D eigenvalue weighted by Crippen LogP contribution is 2.33. The van der Waals surface area contributed by atoms with Crippen molar-refractivity contribution in [3.05, 3.63) is 29.4 Å². The van der Waals surface area contributed by atoms with Gasteiger partial charge < -0.3 is 0 Å². The highest BCUT2D eigenvalue weighted by atomic mass is 14.9. The molecule has 0 aromatic carbocycles. The number of hydrogen-bond donors (Lipinski definition) is 0. The Balaban J connectivity index is 1.98. The van der Waals surface area contributed by atoms with E-state index >= 15 is 0 Å². The van der Waals surface area contributed by atoms with Crippen molar-refractivity contribution in [2.45, 2.75) is 45.4 Å². The Morgan fingerprint density at radius 2 is 1.89 bits per heavy atom. The normalized spacial score (nSPS) is 19.2. The maximum Gasteiger partial charge on any atom is 0.116 e. The number of allylic oxidation sites excluding steroid dienone is 1. The second kappa shape index (κ2) is 4.63. The summed E-state index contributed by atoms with van der Waals surface area (Å²) in [5.41, 5.74) is 6.35. The lowest BCUT2D eigenvalue weighted by Gasteiger charge is -2.15. The van der Waals surface area contributed by atoms with Gasteiger partial charge in [0.05, 0.1) is 12.2 Å². The van der Waals surface area contributed by atoms with Gasteiger partial charge in [0, 0.05) is 17.0 Å². The van der Waals surface area contributed by atoms with Crippen LogP contribution >= 0.6 is 0 Å². The van der Waals surface area contributed by atoms with Crippen molar-refractivity contribution in [1.82, 2.24) is 9.97 Å². The van der Waals surface area contributed by atoms with Gasteiger partial charge in [0.1, 0.15) is 6.33 Å². The lowest BCUT2D eigenvalue weighted by atomic mass is 9.90. The molecule has 3 rings (SSSR count). The third-order valence-corrected chi connectivity index (χ3v) is 3.82. The molecule has 0 saturated heterocycles. The van der Waals surface area contributed by atoms with Crippen LogP contribution in [0.3, 0.4) is 0 Å². The second-order valence-corrected chi connectivity index (χ2v) is 5.41. The summed E-state index contributed by atoms with van der Waals surface area (Å²) in [7, 11) is 0.